The molecule has 12 nitrogen and oxygen atoms in total. The first-order valence-electron chi connectivity index (χ1n) is 15.9. The average molecular weight is 626 g/mol. The van der Waals surface area contributed by atoms with Gasteiger partial charge in [-0.05, 0) is 61.4 Å². The summed E-state index contributed by atoms with van der Waals surface area (Å²) in [6.45, 7) is 0.422. The third-order valence-electron chi connectivity index (χ3n) is 9.61. The fraction of sp³-hybridized carbons (Fsp3) is 0.424. The van der Waals surface area contributed by atoms with Crippen LogP contribution in [0.5, 0.6) is 0 Å². The van der Waals surface area contributed by atoms with Gasteiger partial charge < -0.3 is 20.9 Å². The summed E-state index contributed by atoms with van der Waals surface area (Å²) in [5.74, 6) is -0.192. The van der Waals surface area contributed by atoms with E-state index in [4.69, 9.17) is 5.73 Å². The first-order chi connectivity index (χ1) is 22.4. The number of hydrogen-bond donors (Lipinski definition) is 2. The van der Waals surface area contributed by atoms with Crippen LogP contribution in [-0.4, -0.2) is 78.9 Å². The molecule has 4 aromatic rings. The highest BCUT2D eigenvalue weighted by Gasteiger charge is 2.40. The number of piperidine rings is 1. The predicted octanol–water partition coefficient (Wildman–Crippen LogP) is 3.72. The van der Waals surface area contributed by atoms with E-state index in [0.717, 1.165) is 36.3 Å². The number of nitrogens with one attached hydrogen (secondary N) is 1. The van der Waals surface area contributed by atoms with Gasteiger partial charge in [0.05, 0.1) is 24.5 Å². The van der Waals surface area contributed by atoms with E-state index in [1.54, 1.807) is 42.9 Å². The van der Waals surface area contributed by atoms with Crippen molar-refractivity contribution in [3.63, 3.8) is 0 Å². The standard InChI is InChI=1S/C33H36FN9O3/c34-23-15-28(33(46)39-24-10-11-36-29(16-24)41-13-3-5-20-4-1-2-6-26(20)41)42(18-23)30(44)19-43-27-8-7-21(22-9-12-37-38-17-22)14-25(27)31(40-43)32(35)45/h7-12,14,16-17,20,23,26,28H,1-6,13,15,18-19H2,(H2,35,45)(H,36,39,46). The number of aromatic nitrogens is 5. The Hall–Kier alpha value is -4.94. The molecule has 0 spiro atoms. The van der Waals surface area contributed by atoms with E-state index in [-0.39, 0.29) is 25.2 Å². The zero-order valence-electron chi connectivity index (χ0n) is 25.4. The van der Waals surface area contributed by atoms with Gasteiger partial charge in [0.25, 0.3) is 5.91 Å². The van der Waals surface area contributed by atoms with Crippen molar-refractivity contribution >= 4 is 40.1 Å². The van der Waals surface area contributed by atoms with E-state index < -0.39 is 29.9 Å². The van der Waals surface area contributed by atoms with E-state index in [9.17, 15) is 18.8 Å². The summed E-state index contributed by atoms with van der Waals surface area (Å²) in [5, 5.41) is 15.4. The second-order valence-electron chi connectivity index (χ2n) is 12.5. The molecule has 3 N–H and O–H groups in total. The smallest absolute Gasteiger partial charge is 0.269 e. The van der Waals surface area contributed by atoms with Crippen molar-refractivity contribution in [3.8, 4) is 11.1 Å². The Kier molecular flexibility index (Phi) is 8.05. The minimum Gasteiger partial charge on any atom is -0.364 e. The van der Waals surface area contributed by atoms with E-state index in [2.05, 4.69) is 30.5 Å². The van der Waals surface area contributed by atoms with Gasteiger partial charge in [0.1, 0.15) is 24.6 Å². The third-order valence-corrected chi connectivity index (χ3v) is 9.61. The Morgan fingerprint density at radius 3 is 2.65 bits per heavy atom. The molecule has 1 aliphatic carbocycles. The molecule has 1 saturated carbocycles. The third kappa shape index (κ3) is 5.77. The Morgan fingerprint density at radius 1 is 0.978 bits per heavy atom. The van der Waals surface area contributed by atoms with Crippen LogP contribution in [0.3, 0.4) is 0 Å². The number of halogens is 1. The van der Waals surface area contributed by atoms with Crippen LogP contribution in [0.15, 0.2) is 55.0 Å². The second-order valence-corrected chi connectivity index (χ2v) is 12.5. The number of pyridine rings is 1. The number of likely N-dealkylation sites (tertiary alicyclic amines) is 1. The number of alkyl halides is 1. The summed E-state index contributed by atoms with van der Waals surface area (Å²) in [6.07, 6.45) is 10.6. The van der Waals surface area contributed by atoms with Crippen LogP contribution in [-0.2, 0) is 16.1 Å². The lowest BCUT2D eigenvalue weighted by Crippen LogP contribution is -2.47. The molecule has 4 atom stereocenters. The van der Waals surface area contributed by atoms with E-state index >= 15 is 0 Å². The summed E-state index contributed by atoms with van der Waals surface area (Å²) in [5.41, 5.74) is 8.26. The number of anilines is 2. The Morgan fingerprint density at radius 2 is 1.83 bits per heavy atom. The van der Waals surface area contributed by atoms with Gasteiger partial charge in [-0.2, -0.15) is 15.3 Å². The van der Waals surface area contributed by atoms with Crippen LogP contribution >= 0.6 is 0 Å². The number of carbonyl (C=O) groups excluding carboxylic acids is 3. The number of hydrogen-bond acceptors (Lipinski definition) is 8. The minimum absolute atomic E-state index is 0.00694. The van der Waals surface area contributed by atoms with Crippen LogP contribution in [0.4, 0.5) is 15.9 Å². The normalized spacial score (nSPS) is 22.9. The highest BCUT2D eigenvalue weighted by Crippen LogP contribution is 2.37. The van der Waals surface area contributed by atoms with Gasteiger partial charge in [0.2, 0.25) is 11.8 Å². The molecule has 5 heterocycles. The lowest BCUT2D eigenvalue weighted by molar-refractivity contribution is -0.137. The molecule has 2 aliphatic heterocycles. The van der Waals surface area contributed by atoms with Crippen molar-refractivity contribution in [1.82, 2.24) is 29.9 Å². The molecule has 3 amide bonds. The molecule has 3 fully saturated rings. The Balaban J connectivity index is 1.08. The predicted molar refractivity (Wildman–Crippen MR) is 169 cm³/mol. The quantitative estimate of drug-likeness (QED) is 0.315. The highest BCUT2D eigenvalue weighted by molar-refractivity contribution is 6.05. The summed E-state index contributed by atoms with van der Waals surface area (Å²) in [6, 6.07) is 10.1. The summed E-state index contributed by atoms with van der Waals surface area (Å²) >= 11 is 0. The maximum atomic E-state index is 14.8. The fourth-order valence-electron chi connectivity index (χ4n) is 7.44. The molecule has 3 aliphatic rings. The topological polar surface area (TPSA) is 152 Å². The largest absolute Gasteiger partial charge is 0.364 e. The highest BCUT2D eigenvalue weighted by atomic mass is 19.1. The van der Waals surface area contributed by atoms with Crippen LogP contribution in [0.25, 0.3) is 22.0 Å². The van der Waals surface area contributed by atoms with Gasteiger partial charge in [0.15, 0.2) is 5.69 Å². The fourth-order valence-corrected chi connectivity index (χ4v) is 7.44. The molecule has 0 radical (unpaired) electrons. The van der Waals surface area contributed by atoms with Crippen LogP contribution in [0.1, 0.15) is 55.4 Å². The maximum absolute atomic E-state index is 14.8. The molecular weight excluding hydrogens is 589 g/mol. The molecule has 1 aromatic carbocycles. The van der Waals surface area contributed by atoms with E-state index in [1.807, 2.05) is 12.1 Å². The first kappa shape index (κ1) is 29.8. The van der Waals surface area contributed by atoms with Crippen molar-refractivity contribution in [3.05, 3.63) is 60.7 Å². The molecule has 13 heteroatoms. The van der Waals surface area contributed by atoms with Crippen LogP contribution in [0.2, 0.25) is 0 Å². The lowest BCUT2D eigenvalue weighted by atomic mass is 9.78. The minimum atomic E-state index is -1.35. The first-order valence-corrected chi connectivity index (χ1v) is 15.9. The molecule has 0 bridgehead atoms. The molecule has 4 unspecified atom stereocenters. The number of nitrogens with zero attached hydrogens (tertiary/aromatic N) is 7. The number of primary amides is 1. The number of carbonyl (C=O) groups is 3. The summed E-state index contributed by atoms with van der Waals surface area (Å²) in [7, 11) is 0. The molecular formula is C33H36FN9O3. The Labute approximate surface area is 265 Å². The van der Waals surface area contributed by atoms with Gasteiger partial charge in [0, 0.05) is 47.9 Å². The van der Waals surface area contributed by atoms with Gasteiger partial charge in [-0.15, -0.1) is 0 Å². The number of benzene rings is 1. The van der Waals surface area contributed by atoms with Gasteiger partial charge in [-0.3, -0.25) is 19.1 Å². The molecule has 7 rings (SSSR count). The summed E-state index contributed by atoms with van der Waals surface area (Å²) < 4.78 is 16.1. The number of fused-ring (bicyclic) bond motifs is 2. The van der Waals surface area contributed by atoms with Crippen molar-refractivity contribution < 1.29 is 18.8 Å². The SMILES string of the molecule is NC(=O)c1nn(CC(=O)N2CC(F)CC2C(=O)Nc2ccnc(N3CCCC4CCCCC43)c2)c2ccc(-c3ccnnc3)cc12. The van der Waals surface area contributed by atoms with Gasteiger partial charge >= 0.3 is 0 Å². The van der Waals surface area contributed by atoms with Crippen LogP contribution < -0.4 is 16.0 Å². The second kappa shape index (κ2) is 12.5. The van der Waals surface area contributed by atoms with E-state index in [0.29, 0.717) is 28.6 Å². The van der Waals surface area contributed by atoms with Gasteiger partial charge in [-0.25, -0.2) is 9.37 Å². The van der Waals surface area contributed by atoms with Crippen molar-refractivity contribution in [2.45, 2.75) is 69.7 Å². The summed E-state index contributed by atoms with van der Waals surface area (Å²) in [4.78, 5) is 47.7. The zero-order valence-corrected chi connectivity index (χ0v) is 25.4. The number of nitrogens with two attached hydrogens (primary N) is 1. The monoisotopic (exact) mass is 625 g/mol. The van der Waals surface area contributed by atoms with Crippen molar-refractivity contribution in [2.24, 2.45) is 11.7 Å². The molecule has 238 valence electrons. The molecule has 2 saturated heterocycles. The van der Waals surface area contributed by atoms with Gasteiger partial charge in [-0.1, -0.05) is 18.9 Å². The average Bonchev–Trinajstić information content (AvgIpc) is 3.65. The van der Waals surface area contributed by atoms with Crippen molar-refractivity contribution in [2.75, 3.05) is 23.3 Å². The lowest BCUT2D eigenvalue weighted by Gasteiger charge is -2.44. The zero-order chi connectivity index (χ0) is 31.8. The maximum Gasteiger partial charge on any atom is 0.269 e. The number of rotatable bonds is 7. The number of amides is 3. The molecule has 46 heavy (non-hydrogen) atoms. The Bertz CT molecular complexity index is 1780. The van der Waals surface area contributed by atoms with E-state index in [1.165, 1.54) is 35.3 Å². The van der Waals surface area contributed by atoms with Crippen LogP contribution in [0, 0.1) is 5.92 Å². The molecule has 3 aromatic heterocycles. The van der Waals surface area contributed by atoms with Crippen molar-refractivity contribution in [1.29, 1.82) is 0 Å².